The van der Waals surface area contributed by atoms with Crippen molar-refractivity contribution in [2.75, 3.05) is 12.4 Å². The molecule has 1 amide bonds. The second-order valence-electron chi connectivity index (χ2n) is 5.59. The Balaban J connectivity index is 1.55. The summed E-state index contributed by atoms with van der Waals surface area (Å²) < 4.78 is 7.33. The van der Waals surface area contributed by atoms with Crippen molar-refractivity contribution >= 4 is 54.1 Å². The Labute approximate surface area is 152 Å². The molecular weight excluding hydrogens is 354 g/mol. The molecule has 7 heteroatoms. The molecule has 4 aromatic rings. The van der Waals surface area contributed by atoms with Crippen LogP contribution in [0.2, 0.25) is 0 Å². The molecule has 4 rings (SSSR count). The fraction of sp³-hybridized carbons (Fsp3) is 0.167. The summed E-state index contributed by atoms with van der Waals surface area (Å²) in [5.41, 5.74) is 2.80. The summed E-state index contributed by atoms with van der Waals surface area (Å²) in [6.07, 6.45) is 0.301. The number of aryl methyl sites for hydroxylation is 1. The van der Waals surface area contributed by atoms with Gasteiger partial charge in [-0.2, -0.15) is 0 Å². The van der Waals surface area contributed by atoms with E-state index in [0.717, 1.165) is 36.8 Å². The molecule has 2 heterocycles. The Morgan fingerprint density at radius 1 is 1.04 bits per heavy atom. The maximum absolute atomic E-state index is 12.3. The van der Waals surface area contributed by atoms with Gasteiger partial charge in [0.15, 0.2) is 5.13 Å². The Hall–Kier alpha value is -2.51. The summed E-state index contributed by atoms with van der Waals surface area (Å²) in [6.45, 7) is 2.00. The highest BCUT2D eigenvalue weighted by atomic mass is 32.1. The van der Waals surface area contributed by atoms with Crippen LogP contribution >= 0.6 is 22.7 Å². The van der Waals surface area contributed by atoms with Gasteiger partial charge in [-0.3, -0.25) is 4.79 Å². The number of nitrogens with one attached hydrogen (secondary N) is 1. The highest BCUT2D eigenvalue weighted by Crippen LogP contribution is 2.35. The first-order valence-corrected chi connectivity index (χ1v) is 9.35. The molecule has 0 radical (unpaired) electrons. The summed E-state index contributed by atoms with van der Waals surface area (Å²) >= 11 is 3.15. The van der Waals surface area contributed by atoms with Crippen molar-refractivity contribution in [2.24, 2.45) is 0 Å². The Bertz CT molecular complexity index is 1070. The molecule has 1 N–H and O–H groups in total. The van der Waals surface area contributed by atoms with E-state index in [-0.39, 0.29) is 5.91 Å². The molecule has 0 fully saturated rings. The highest BCUT2D eigenvalue weighted by Gasteiger charge is 2.13. The maximum atomic E-state index is 12.3. The second-order valence-corrected chi connectivity index (χ2v) is 7.79. The van der Waals surface area contributed by atoms with Gasteiger partial charge in [-0.1, -0.05) is 23.5 Å². The molecule has 0 bridgehead atoms. The minimum absolute atomic E-state index is 0.0825. The van der Waals surface area contributed by atoms with E-state index < -0.39 is 0 Å². The monoisotopic (exact) mass is 369 g/mol. The van der Waals surface area contributed by atoms with Crippen LogP contribution in [0.5, 0.6) is 5.75 Å². The van der Waals surface area contributed by atoms with E-state index in [9.17, 15) is 4.79 Å². The van der Waals surface area contributed by atoms with Crippen molar-refractivity contribution in [3.8, 4) is 5.75 Å². The molecule has 0 atom stereocenters. The van der Waals surface area contributed by atoms with E-state index in [0.29, 0.717) is 11.6 Å². The Morgan fingerprint density at radius 3 is 2.44 bits per heavy atom. The number of hydrogen-bond acceptors (Lipinski definition) is 6. The van der Waals surface area contributed by atoms with Crippen LogP contribution in [0.4, 0.5) is 5.13 Å². The second kappa shape index (κ2) is 6.42. The molecule has 25 heavy (non-hydrogen) atoms. The van der Waals surface area contributed by atoms with E-state index >= 15 is 0 Å². The molecule has 0 aliphatic carbocycles. The van der Waals surface area contributed by atoms with Crippen molar-refractivity contribution in [1.82, 2.24) is 9.97 Å². The summed E-state index contributed by atoms with van der Waals surface area (Å²) in [5, 5.41) is 4.55. The van der Waals surface area contributed by atoms with Crippen LogP contribution in [0.15, 0.2) is 36.4 Å². The maximum Gasteiger partial charge on any atom is 0.230 e. The van der Waals surface area contributed by atoms with Crippen LogP contribution in [-0.2, 0) is 11.2 Å². The first kappa shape index (κ1) is 16.0. The average molecular weight is 369 g/mol. The molecule has 0 saturated heterocycles. The number of fused-ring (bicyclic) bond motifs is 3. The molecule has 2 aromatic carbocycles. The average Bonchev–Trinajstić information content (AvgIpc) is 3.17. The largest absolute Gasteiger partial charge is 0.497 e. The van der Waals surface area contributed by atoms with E-state index in [4.69, 9.17) is 4.74 Å². The zero-order chi connectivity index (χ0) is 17.4. The minimum atomic E-state index is -0.0825. The van der Waals surface area contributed by atoms with Gasteiger partial charge in [-0.15, -0.1) is 11.3 Å². The lowest BCUT2D eigenvalue weighted by Crippen LogP contribution is -2.14. The van der Waals surface area contributed by atoms with Gasteiger partial charge in [0, 0.05) is 0 Å². The Morgan fingerprint density at radius 2 is 1.72 bits per heavy atom. The predicted octanol–water partition coefficient (Wildman–Crippen LogP) is 4.40. The predicted molar refractivity (Wildman–Crippen MR) is 103 cm³/mol. The summed E-state index contributed by atoms with van der Waals surface area (Å²) in [6, 6.07) is 11.4. The minimum Gasteiger partial charge on any atom is -0.497 e. The van der Waals surface area contributed by atoms with Gasteiger partial charge in [0.05, 0.1) is 39.0 Å². The van der Waals surface area contributed by atoms with Crippen molar-refractivity contribution in [1.29, 1.82) is 0 Å². The molecule has 0 spiro atoms. The number of aromatic nitrogens is 2. The highest BCUT2D eigenvalue weighted by molar-refractivity contribution is 7.28. The van der Waals surface area contributed by atoms with Gasteiger partial charge in [0.1, 0.15) is 5.75 Å². The number of hydrogen-bond donors (Lipinski definition) is 1. The number of methoxy groups -OCH3 is 1. The van der Waals surface area contributed by atoms with Crippen molar-refractivity contribution in [3.05, 3.63) is 47.0 Å². The van der Waals surface area contributed by atoms with Crippen LogP contribution in [0, 0.1) is 6.92 Å². The molecule has 5 nitrogen and oxygen atoms in total. The summed E-state index contributed by atoms with van der Waals surface area (Å²) in [4.78, 5) is 21.3. The number of carbonyl (C=O) groups excluding carboxylic acids is 1. The SMILES string of the molecule is COc1ccc(CC(=O)Nc2nc3ccc4nc(C)sc4c3s2)cc1. The number of anilines is 1. The lowest BCUT2D eigenvalue weighted by atomic mass is 10.1. The van der Waals surface area contributed by atoms with Gasteiger partial charge in [0.2, 0.25) is 5.91 Å². The number of carbonyl (C=O) groups is 1. The Kier molecular flexibility index (Phi) is 4.10. The van der Waals surface area contributed by atoms with Crippen molar-refractivity contribution in [3.63, 3.8) is 0 Å². The van der Waals surface area contributed by atoms with Crippen LogP contribution in [0.3, 0.4) is 0 Å². The van der Waals surface area contributed by atoms with Crippen LogP contribution in [0.25, 0.3) is 20.4 Å². The van der Waals surface area contributed by atoms with Crippen LogP contribution in [-0.4, -0.2) is 23.0 Å². The van der Waals surface area contributed by atoms with Crippen molar-refractivity contribution in [2.45, 2.75) is 13.3 Å². The fourth-order valence-electron chi connectivity index (χ4n) is 2.63. The van der Waals surface area contributed by atoms with Gasteiger partial charge >= 0.3 is 0 Å². The van der Waals surface area contributed by atoms with Crippen molar-refractivity contribution < 1.29 is 9.53 Å². The zero-order valence-corrected chi connectivity index (χ0v) is 15.3. The summed E-state index contributed by atoms with van der Waals surface area (Å²) in [5.74, 6) is 0.695. The third kappa shape index (κ3) is 3.20. The summed E-state index contributed by atoms with van der Waals surface area (Å²) in [7, 11) is 1.62. The number of nitrogens with zero attached hydrogens (tertiary/aromatic N) is 2. The number of ether oxygens (including phenoxy) is 1. The number of amides is 1. The van der Waals surface area contributed by atoms with E-state index in [1.807, 2.05) is 43.3 Å². The first-order valence-electron chi connectivity index (χ1n) is 7.72. The molecule has 0 aliphatic rings. The standard InChI is InChI=1S/C18H15N3O2S2/c1-10-19-13-7-8-14-17(16(13)24-10)25-18(20-14)21-15(22)9-11-3-5-12(23-2)6-4-11/h3-8H,9H2,1-2H3,(H,20,21,22). The lowest BCUT2D eigenvalue weighted by molar-refractivity contribution is -0.115. The van der Waals surface area contributed by atoms with Gasteiger partial charge in [-0.25, -0.2) is 9.97 Å². The lowest BCUT2D eigenvalue weighted by Gasteiger charge is -2.03. The number of rotatable bonds is 4. The molecule has 126 valence electrons. The first-order chi connectivity index (χ1) is 12.1. The molecular formula is C18H15N3O2S2. The topological polar surface area (TPSA) is 64.1 Å². The molecule has 0 saturated carbocycles. The fourth-order valence-corrected chi connectivity index (χ4v) is 4.65. The van der Waals surface area contributed by atoms with Gasteiger partial charge < -0.3 is 10.1 Å². The van der Waals surface area contributed by atoms with Gasteiger partial charge in [-0.05, 0) is 36.8 Å². The normalized spacial score (nSPS) is 11.1. The number of benzene rings is 2. The quantitative estimate of drug-likeness (QED) is 0.579. The van der Waals surface area contributed by atoms with E-state index in [2.05, 4.69) is 15.3 Å². The van der Waals surface area contributed by atoms with Crippen LogP contribution < -0.4 is 10.1 Å². The van der Waals surface area contributed by atoms with E-state index in [1.54, 1.807) is 18.4 Å². The third-order valence-corrected chi connectivity index (χ3v) is 5.93. The molecule has 0 unspecified atom stereocenters. The zero-order valence-electron chi connectivity index (χ0n) is 13.7. The van der Waals surface area contributed by atoms with Gasteiger partial charge in [0.25, 0.3) is 0 Å². The number of thiazole rings is 2. The smallest absolute Gasteiger partial charge is 0.230 e. The van der Waals surface area contributed by atoms with E-state index in [1.165, 1.54) is 11.3 Å². The van der Waals surface area contributed by atoms with Crippen LogP contribution in [0.1, 0.15) is 10.6 Å². The third-order valence-electron chi connectivity index (χ3n) is 3.79. The molecule has 2 aromatic heterocycles. The molecule has 0 aliphatic heterocycles.